The average molecular weight is 465 g/mol. The van der Waals surface area contributed by atoms with Gasteiger partial charge in [0, 0.05) is 12.3 Å². The van der Waals surface area contributed by atoms with E-state index in [1.807, 2.05) is 13.8 Å². The first-order chi connectivity index (χ1) is 14.9. The minimum absolute atomic E-state index is 0.263. The standard InChI is InChI=1S/C28H45ClO3/c1-18(7-6-12-27(3,4)32)24-10-11-25-22(13-20(17-29)16-28(24,25)5)9-8-21-14-23(30)15-26(31)19(21)2/h8-9,18,20,23-26,30-32H,2,6-7,10-17H2,1,3-5H3/b21-8+,22-9+/t18-,20+,23-,24-,25+,26+,28-/m1/s1. The molecule has 3 aliphatic rings. The highest BCUT2D eigenvalue weighted by Gasteiger charge is 2.52. The molecule has 0 aromatic rings. The van der Waals surface area contributed by atoms with Crippen molar-refractivity contribution in [3.05, 3.63) is 35.5 Å². The van der Waals surface area contributed by atoms with E-state index in [4.69, 9.17) is 11.6 Å². The molecule has 0 aromatic carbocycles. The Morgan fingerprint density at radius 2 is 1.94 bits per heavy atom. The van der Waals surface area contributed by atoms with Crippen LogP contribution in [-0.4, -0.2) is 39.0 Å². The topological polar surface area (TPSA) is 60.7 Å². The molecule has 0 saturated heterocycles. The van der Waals surface area contributed by atoms with Gasteiger partial charge in [0.05, 0.1) is 17.8 Å². The van der Waals surface area contributed by atoms with Gasteiger partial charge in [-0.2, -0.15) is 0 Å². The fraction of sp³-hybridized carbons (Fsp3) is 0.786. The molecule has 0 aliphatic heterocycles. The maximum absolute atomic E-state index is 10.2. The molecule has 32 heavy (non-hydrogen) atoms. The lowest BCUT2D eigenvalue weighted by Gasteiger charge is -2.47. The minimum Gasteiger partial charge on any atom is -0.393 e. The molecule has 0 aromatic heterocycles. The summed E-state index contributed by atoms with van der Waals surface area (Å²) in [6.07, 6.45) is 12.0. The number of allylic oxidation sites excluding steroid dienone is 3. The zero-order valence-electron chi connectivity index (χ0n) is 20.6. The predicted molar refractivity (Wildman–Crippen MR) is 134 cm³/mol. The van der Waals surface area contributed by atoms with E-state index in [2.05, 4.69) is 32.6 Å². The molecule has 3 rings (SSSR count). The largest absolute Gasteiger partial charge is 0.393 e. The number of hydrogen-bond acceptors (Lipinski definition) is 3. The highest BCUT2D eigenvalue weighted by Crippen LogP contribution is 2.61. The molecule has 0 amide bonds. The fourth-order valence-corrected chi connectivity index (χ4v) is 7.31. The van der Waals surface area contributed by atoms with Crippen LogP contribution < -0.4 is 0 Å². The lowest BCUT2D eigenvalue weighted by molar-refractivity contribution is 0.0544. The van der Waals surface area contributed by atoms with Gasteiger partial charge in [-0.1, -0.05) is 51.0 Å². The second-order valence-corrected chi connectivity index (χ2v) is 12.2. The van der Waals surface area contributed by atoms with Crippen molar-refractivity contribution >= 4 is 11.6 Å². The molecule has 0 bridgehead atoms. The van der Waals surface area contributed by atoms with E-state index < -0.39 is 17.8 Å². The maximum Gasteiger partial charge on any atom is 0.0811 e. The van der Waals surface area contributed by atoms with Crippen molar-refractivity contribution in [2.75, 3.05) is 5.88 Å². The summed E-state index contributed by atoms with van der Waals surface area (Å²) in [7, 11) is 0. The SMILES string of the molecule is C=C1/C(=C/C=C2\C[C@H](CCl)C[C@]3(C)[C@@H]([C@H](C)CCCC(C)(C)O)CC[C@@H]23)C[C@@H](O)C[C@@H]1O. The Hall–Kier alpha value is -0.610. The van der Waals surface area contributed by atoms with Gasteiger partial charge in [0.1, 0.15) is 0 Å². The zero-order valence-corrected chi connectivity index (χ0v) is 21.4. The van der Waals surface area contributed by atoms with E-state index in [-0.39, 0.29) is 5.41 Å². The van der Waals surface area contributed by atoms with E-state index in [1.165, 1.54) is 31.3 Å². The summed E-state index contributed by atoms with van der Waals surface area (Å²) < 4.78 is 0. The number of aliphatic hydroxyl groups is 3. The first kappa shape index (κ1) is 26.0. The van der Waals surface area contributed by atoms with Gasteiger partial charge < -0.3 is 15.3 Å². The molecule has 3 fully saturated rings. The second kappa shape index (κ2) is 10.3. The average Bonchev–Trinajstić information content (AvgIpc) is 3.05. The van der Waals surface area contributed by atoms with Crippen LogP contribution in [0.3, 0.4) is 0 Å². The summed E-state index contributed by atoms with van der Waals surface area (Å²) in [5.41, 5.74) is 2.91. The third kappa shape index (κ3) is 5.90. The number of rotatable bonds is 7. The van der Waals surface area contributed by atoms with Crippen LogP contribution in [0.5, 0.6) is 0 Å². The number of fused-ring (bicyclic) bond motifs is 1. The van der Waals surface area contributed by atoms with Crippen molar-refractivity contribution in [2.24, 2.45) is 29.1 Å². The molecule has 0 heterocycles. The molecule has 3 aliphatic carbocycles. The number of hydrogen-bond donors (Lipinski definition) is 3. The van der Waals surface area contributed by atoms with E-state index in [1.54, 1.807) is 0 Å². The zero-order chi connectivity index (χ0) is 23.7. The van der Waals surface area contributed by atoms with Crippen LogP contribution in [0.25, 0.3) is 0 Å². The van der Waals surface area contributed by atoms with Crippen LogP contribution in [0.2, 0.25) is 0 Å². The number of aliphatic hydroxyl groups excluding tert-OH is 2. The Morgan fingerprint density at radius 3 is 2.59 bits per heavy atom. The molecule has 0 radical (unpaired) electrons. The quantitative estimate of drug-likeness (QED) is 0.395. The van der Waals surface area contributed by atoms with Gasteiger partial charge in [-0.25, -0.2) is 0 Å². The van der Waals surface area contributed by atoms with Crippen molar-refractivity contribution < 1.29 is 15.3 Å². The van der Waals surface area contributed by atoms with Crippen molar-refractivity contribution in [3.8, 4) is 0 Å². The molecule has 3 nitrogen and oxygen atoms in total. The lowest BCUT2D eigenvalue weighted by atomic mass is 9.58. The molecule has 182 valence electrons. The Labute approximate surface area is 200 Å². The Bertz CT molecular complexity index is 733. The van der Waals surface area contributed by atoms with E-state index >= 15 is 0 Å². The molecular formula is C28H45ClO3. The minimum atomic E-state index is -0.642. The van der Waals surface area contributed by atoms with Crippen LogP contribution in [0.1, 0.15) is 85.5 Å². The molecule has 7 atom stereocenters. The molecule has 3 N–H and O–H groups in total. The van der Waals surface area contributed by atoms with Crippen molar-refractivity contribution in [1.82, 2.24) is 0 Å². The van der Waals surface area contributed by atoms with E-state index in [0.29, 0.717) is 42.4 Å². The van der Waals surface area contributed by atoms with Crippen molar-refractivity contribution in [2.45, 2.75) is 103 Å². The van der Waals surface area contributed by atoms with Crippen LogP contribution in [0, 0.1) is 29.1 Å². The van der Waals surface area contributed by atoms with Gasteiger partial charge >= 0.3 is 0 Å². The highest BCUT2D eigenvalue weighted by molar-refractivity contribution is 6.18. The Morgan fingerprint density at radius 1 is 1.22 bits per heavy atom. The van der Waals surface area contributed by atoms with Crippen LogP contribution in [0.4, 0.5) is 0 Å². The lowest BCUT2D eigenvalue weighted by Crippen LogP contribution is -2.39. The van der Waals surface area contributed by atoms with Gasteiger partial charge in [-0.05, 0) is 92.6 Å². The Balaban J connectivity index is 1.78. The third-order valence-electron chi connectivity index (χ3n) is 8.73. The second-order valence-electron chi connectivity index (χ2n) is 11.9. The summed E-state index contributed by atoms with van der Waals surface area (Å²) in [6.45, 7) is 12.8. The van der Waals surface area contributed by atoms with Gasteiger partial charge in [-0.15, -0.1) is 11.6 Å². The van der Waals surface area contributed by atoms with Crippen LogP contribution >= 0.6 is 11.6 Å². The van der Waals surface area contributed by atoms with Crippen molar-refractivity contribution in [1.29, 1.82) is 0 Å². The Kier molecular flexibility index (Phi) is 8.40. The fourth-order valence-electron chi connectivity index (χ4n) is 7.09. The van der Waals surface area contributed by atoms with E-state index in [0.717, 1.165) is 30.4 Å². The third-order valence-corrected chi connectivity index (χ3v) is 9.16. The summed E-state index contributed by atoms with van der Waals surface area (Å²) >= 11 is 6.42. The summed E-state index contributed by atoms with van der Waals surface area (Å²) in [6, 6.07) is 0. The van der Waals surface area contributed by atoms with Gasteiger partial charge in [0.15, 0.2) is 0 Å². The first-order valence-corrected chi connectivity index (χ1v) is 13.2. The molecule has 4 heteroatoms. The van der Waals surface area contributed by atoms with Crippen LogP contribution in [0.15, 0.2) is 35.5 Å². The summed E-state index contributed by atoms with van der Waals surface area (Å²) in [4.78, 5) is 0. The monoisotopic (exact) mass is 464 g/mol. The first-order valence-electron chi connectivity index (χ1n) is 12.7. The normalized spacial score (nSPS) is 39.5. The molecule has 3 saturated carbocycles. The maximum atomic E-state index is 10.2. The van der Waals surface area contributed by atoms with Crippen molar-refractivity contribution in [3.63, 3.8) is 0 Å². The molecular weight excluding hydrogens is 420 g/mol. The van der Waals surface area contributed by atoms with Crippen LogP contribution in [-0.2, 0) is 0 Å². The predicted octanol–water partition coefficient (Wildman–Crippen LogP) is 6.17. The smallest absolute Gasteiger partial charge is 0.0811 e. The van der Waals surface area contributed by atoms with Gasteiger partial charge in [0.25, 0.3) is 0 Å². The van der Waals surface area contributed by atoms with Gasteiger partial charge in [0.2, 0.25) is 0 Å². The summed E-state index contributed by atoms with van der Waals surface area (Å²) in [5.74, 6) is 3.10. The molecule has 0 spiro atoms. The van der Waals surface area contributed by atoms with E-state index in [9.17, 15) is 15.3 Å². The summed E-state index contributed by atoms with van der Waals surface area (Å²) in [5, 5.41) is 30.4. The number of alkyl halides is 1. The highest BCUT2D eigenvalue weighted by atomic mass is 35.5. The molecule has 0 unspecified atom stereocenters. The van der Waals surface area contributed by atoms with Gasteiger partial charge in [-0.3, -0.25) is 0 Å². The number of halogens is 1.